The van der Waals surface area contributed by atoms with Crippen molar-refractivity contribution in [3.8, 4) is 0 Å². The fourth-order valence-electron chi connectivity index (χ4n) is 4.33. The molecule has 2 N–H and O–H groups in total. The normalized spacial score (nSPS) is 19.8. The number of unbranched alkanes of at least 4 members (excludes halogenated alkanes) is 1. The Kier molecular flexibility index (Phi) is 7.18. The minimum atomic E-state index is -1.09. The summed E-state index contributed by atoms with van der Waals surface area (Å²) in [5.41, 5.74) is 2.67. The molecule has 1 saturated carbocycles. The van der Waals surface area contributed by atoms with Gasteiger partial charge in [0.15, 0.2) is 0 Å². The zero-order valence-corrected chi connectivity index (χ0v) is 19.3. The molecule has 3 unspecified atom stereocenters. The summed E-state index contributed by atoms with van der Waals surface area (Å²) < 4.78 is 0. The molecule has 7 heteroatoms. The number of hydrogen-bond acceptors (Lipinski definition) is 5. The molecule has 0 spiro atoms. The number of pyridine rings is 1. The van der Waals surface area contributed by atoms with E-state index in [2.05, 4.69) is 17.2 Å². The molecule has 7 nitrogen and oxygen atoms in total. The van der Waals surface area contributed by atoms with E-state index in [1.165, 1.54) is 4.90 Å². The molecule has 2 amide bonds. The summed E-state index contributed by atoms with van der Waals surface area (Å²) in [7, 11) is 1.69. The third-order valence-electron chi connectivity index (χ3n) is 6.47. The molecule has 33 heavy (non-hydrogen) atoms. The van der Waals surface area contributed by atoms with Crippen LogP contribution in [0.25, 0.3) is 0 Å². The maximum Gasteiger partial charge on any atom is 0.272 e. The molecule has 1 aliphatic heterocycles. The molecule has 2 aliphatic rings. The van der Waals surface area contributed by atoms with Crippen LogP contribution in [0.4, 0.5) is 5.69 Å². The van der Waals surface area contributed by atoms with Crippen LogP contribution in [0.1, 0.15) is 56.7 Å². The summed E-state index contributed by atoms with van der Waals surface area (Å²) in [5.74, 6) is -0.704. The number of nitrogens with zero attached hydrogens (tertiary/aromatic N) is 3. The highest BCUT2D eigenvalue weighted by Gasteiger charge is 2.37. The Morgan fingerprint density at radius 1 is 1.21 bits per heavy atom. The van der Waals surface area contributed by atoms with Gasteiger partial charge < -0.3 is 15.3 Å². The van der Waals surface area contributed by atoms with E-state index in [0.29, 0.717) is 35.9 Å². The van der Waals surface area contributed by atoms with Crippen LogP contribution in [0, 0.1) is 11.8 Å². The molecule has 1 fully saturated rings. The van der Waals surface area contributed by atoms with Crippen LogP contribution in [0.15, 0.2) is 53.7 Å². The van der Waals surface area contributed by atoms with Crippen molar-refractivity contribution in [3.63, 3.8) is 0 Å². The average Bonchev–Trinajstić information content (AvgIpc) is 3.67. The first-order valence-electron chi connectivity index (χ1n) is 11.8. The quantitative estimate of drug-likeness (QED) is 0.615. The number of aromatic nitrogens is 1. The van der Waals surface area contributed by atoms with E-state index >= 15 is 0 Å². The number of benzene rings is 1. The highest BCUT2D eigenvalue weighted by molar-refractivity contribution is 6.19. The van der Waals surface area contributed by atoms with Crippen LogP contribution in [0.2, 0.25) is 0 Å². The van der Waals surface area contributed by atoms with Gasteiger partial charge in [-0.25, -0.2) is 4.99 Å². The molecule has 1 aromatic carbocycles. The van der Waals surface area contributed by atoms with Crippen LogP contribution < -0.4 is 10.2 Å². The summed E-state index contributed by atoms with van der Waals surface area (Å²) >= 11 is 0. The Hall–Kier alpha value is -3.06. The predicted octanol–water partition coefficient (Wildman–Crippen LogP) is 3.31. The van der Waals surface area contributed by atoms with Crippen molar-refractivity contribution in [2.45, 2.75) is 57.7 Å². The third kappa shape index (κ3) is 5.30. The zero-order chi connectivity index (χ0) is 23.4. The highest BCUT2D eigenvalue weighted by Crippen LogP contribution is 2.37. The number of likely N-dealkylation sites (N-methyl/N-ethyl adjacent to an activating group) is 1. The Balaban J connectivity index is 1.65. The summed E-state index contributed by atoms with van der Waals surface area (Å²) in [6, 6.07) is 13.1. The minimum absolute atomic E-state index is 0.313. The van der Waals surface area contributed by atoms with E-state index in [1.807, 2.05) is 42.5 Å². The first-order valence-corrected chi connectivity index (χ1v) is 11.8. The lowest BCUT2D eigenvalue weighted by molar-refractivity contribution is -0.133. The van der Waals surface area contributed by atoms with E-state index < -0.39 is 18.2 Å². The summed E-state index contributed by atoms with van der Waals surface area (Å²) in [5, 5.41) is 13.6. The van der Waals surface area contributed by atoms with Gasteiger partial charge in [0.05, 0.1) is 29.1 Å². The lowest BCUT2D eigenvalue weighted by Gasteiger charge is -2.25. The molecular weight excluding hydrogens is 416 g/mol. The van der Waals surface area contributed by atoms with E-state index in [0.717, 1.165) is 31.2 Å². The van der Waals surface area contributed by atoms with E-state index in [9.17, 15) is 14.7 Å². The Labute approximate surface area is 194 Å². The Morgan fingerprint density at radius 3 is 2.67 bits per heavy atom. The van der Waals surface area contributed by atoms with Crippen LogP contribution in [-0.4, -0.2) is 46.9 Å². The molecule has 1 aliphatic carbocycles. The number of hydrogen-bond donors (Lipinski definition) is 2. The molecule has 0 radical (unpaired) electrons. The van der Waals surface area contributed by atoms with E-state index in [-0.39, 0.29) is 11.8 Å². The second kappa shape index (κ2) is 10.3. The number of benzodiazepines with no additional fused rings is 1. The minimum Gasteiger partial charge on any atom is -0.392 e. The number of aliphatic imine (C=N–C) groups is 1. The van der Waals surface area contributed by atoms with Crippen molar-refractivity contribution in [2.75, 3.05) is 11.9 Å². The van der Waals surface area contributed by atoms with Crippen LogP contribution in [0.5, 0.6) is 0 Å². The monoisotopic (exact) mass is 448 g/mol. The number of aliphatic hydroxyl groups excluding tert-OH is 1. The average molecular weight is 449 g/mol. The van der Waals surface area contributed by atoms with Crippen molar-refractivity contribution < 1.29 is 14.7 Å². The number of amides is 2. The molecule has 2 aromatic rings. The number of anilines is 1. The van der Waals surface area contributed by atoms with Gasteiger partial charge in [0.1, 0.15) is 0 Å². The second-order valence-electron chi connectivity index (χ2n) is 9.01. The number of aliphatic hydroxyl groups is 1. The predicted molar refractivity (Wildman–Crippen MR) is 128 cm³/mol. The largest absolute Gasteiger partial charge is 0.392 e. The maximum absolute atomic E-state index is 13.3. The molecule has 174 valence electrons. The summed E-state index contributed by atoms with van der Waals surface area (Å²) in [6.07, 6.45) is 5.08. The van der Waals surface area contributed by atoms with Crippen molar-refractivity contribution in [1.29, 1.82) is 0 Å². The van der Waals surface area contributed by atoms with Gasteiger partial charge >= 0.3 is 0 Å². The van der Waals surface area contributed by atoms with Crippen molar-refractivity contribution in [2.24, 2.45) is 16.8 Å². The lowest BCUT2D eigenvalue weighted by atomic mass is 9.91. The summed E-state index contributed by atoms with van der Waals surface area (Å²) in [6.45, 7) is 2.06. The first-order chi connectivity index (χ1) is 16.0. The Morgan fingerprint density at radius 2 is 1.97 bits per heavy atom. The molecule has 3 atom stereocenters. The van der Waals surface area contributed by atoms with Gasteiger partial charge in [-0.05, 0) is 37.0 Å². The van der Waals surface area contributed by atoms with Crippen LogP contribution >= 0.6 is 0 Å². The van der Waals surface area contributed by atoms with Gasteiger partial charge in [-0.3, -0.25) is 14.6 Å². The van der Waals surface area contributed by atoms with E-state index in [4.69, 9.17) is 4.99 Å². The van der Waals surface area contributed by atoms with Crippen LogP contribution in [-0.2, 0) is 9.59 Å². The molecule has 1 aromatic heterocycles. The fourth-order valence-corrected chi connectivity index (χ4v) is 4.33. The van der Waals surface area contributed by atoms with Crippen molar-refractivity contribution in [3.05, 3.63) is 59.9 Å². The maximum atomic E-state index is 13.3. The summed E-state index contributed by atoms with van der Waals surface area (Å²) in [4.78, 5) is 37.3. The number of fused-ring (bicyclic) bond motifs is 1. The lowest BCUT2D eigenvalue weighted by Crippen LogP contribution is -2.49. The van der Waals surface area contributed by atoms with Gasteiger partial charge in [0.25, 0.3) is 5.91 Å². The number of nitrogens with one attached hydrogen (secondary N) is 1. The van der Waals surface area contributed by atoms with Gasteiger partial charge in [-0.15, -0.1) is 0 Å². The molecule has 2 heterocycles. The molecule has 0 bridgehead atoms. The van der Waals surface area contributed by atoms with Gasteiger partial charge in [0, 0.05) is 18.8 Å². The number of carbonyl (C=O) groups excluding carboxylic acids is 2. The molecular formula is C26H32N4O3. The van der Waals surface area contributed by atoms with Crippen molar-refractivity contribution >= 4 is 23.2 Å². The number of para-hydroxylation sites is 1. The topological polar surface area (TPSA) is 94.9 Å². The zero-order valence-electron chi connectivity index (χ0n) is 19.3. The molecule has 0 saturated heterocycles. The van der Waals surface area contributed by atoms with Crippen molar-refractivity contribution in [1.82, 2.24) is 10.3 Å². The SMILES string of the molecule is CCCCC(O)C(CC1CC1)C(=O)NC1N=C(c2ccccn2)c2ccccc2N(C)C1=O. The standard InChI is InChI=1S/C26H32N4O3/c1-3-4-12-22(31)19(16-17-13-14-17)25(32)29-24-26(33)30(2)21-11-6-5-9-18(21)23(28-24)20-10-7-8-15-27-20/h5-11,15,17,19,22,24,31H,3-4,12-14,16H2,1-2H3,(H,29,32). The fraction of sp³-hybridized carbons (Fsp3) is 0.462. The smallest absolute Gasteiger partial charge is 0.272 e. The second-order valence-corrected chi connectivity index (χ2v) is 9.01. The van der Waals surface area contributed by atoms with Crippen LogP contribution in [0.3, 0.4) is 0 Å². The third-order valence-corrected chi connectivity index (χ3v) is 6.47. The van der Waals surface area contributed by atoms with Gasteiger partial charge in [-0.1, -0.05) is 56.9 Å². The van der Waals surface area contributed by atoms with Gasteiger partial charge in [0.2, 0.25) is 12.1 Å². The van der Waals surface area contributed by atoms with E-state index in [1.54, 1.807) is 13.2 Å². The first kappa shape index (κ1) is 23.1. The number of rotatable bonds is 9. The highest BCUT2D eigenvalue weighted by atomic mass is 16.3. The number of carbonyl (C=O) groups is 2. The molecule has 4 rings (SSSR count). The Bertz CT molecular complexity index is 1020. The van der Waals surface area contributed by atoms with Gasteiger partial charge in [-0.2, -0.15) is 0 Å².